The molecule has 6 heteroatoms. The van der Waals surface area contributed by atoms with Gasteiger partial charge in [-0.1, -0.05) is 22.9 Å². The highest BCUT2D eigenvalue weighted by Gasteiger charge is 2.19. The largest absolute Gasteiger partial charge is 0.381 e. The Balaban J connectivity index is 4.13. The Bertz CT molecular complexity index is 244. The fourth-order valence-electron chi connectivity index (χ4n) is 1.17. The van der Waals surface area contributed by atoms with Gasteiger partial charge in [-0.25, -0.2) is 12.7 Å². The Morgan fingerprint density at radius 3 is 2.47 bits per heavy atom. The standard InChI is InChI=1S/C9H20BrNO3S/c1-3-11(7-5-6-10)15(12,13)9-8-14-4-2/h3-9H2,1-2H3. The lowest BCUT2D eigenvalue weighted by molar-refractivity contribution is 0.162. The molecular formula is C9H20BrNO3S. The van der Waals surface area contributed by atoms with E-state index in [4.69, 9.17) is 4.74 Å². The number of rotatable bonds is 9. The van der Waals surface area contributed by atoms with Gasteiger partial charge in [0.05, 0.1) is 12.4 Å². The molecule has 0 rings (SSSR count). The fraction of sp³-hybridized carbons (Fsp3) is 1.00. The SMILES string of the molecule is CCOCCS(=O)(=O)N(CC)CCCBr. The number of ether oxygens (including phenoxy) is 1. The van der Waals surface area contributed by atoms with Gasteiger partial charge < -0.3 is 4.74 Å². The van der Waals surface area contributed by atoms with Gasteiger partial charge >= 0.3 is 0 Å². The van der Waals surface area contributed by atoms with Crippen LogP contribution in [0.1, 0.15) is 20.3 Å². The van der Waals surface area contributed by atoms with E-state index in [0.717, 1.165) is 11.8 Å². The molecule has 0 heterocycles. The lowest BCUT2D eigenvalue weighted by atomic mass is 10.5. The Morgan fingerprint density at radius 2 is 2.00 bits per heavy atom. The summed E-state index contributed by atoms with van der Waals surface area (Å²) >= 11 is 3.29. The number of alkyl halides is 1. The highest BCUT2D eigenvalue weighted by Crippen LogP contribution is 2.03. The molecule has 0 N–H and O–H groups in total. The maximum atomic E-state index is 11.8. The van der Waals surface area contributed by atoms with Crippen molar-refractivity contribution < 1.29 is 13.2 Å². The summed E-state index contributed by atoms with van der Waals surface area (Å²) in [6.07, 6.45) is 0.835. The molecule has 0 aliphatic carbocycles. The van der Waals surface area contributed by atoms with E-state index in [-0.39, 0.29) is 12.4 Å². The first-order chi connectivity index (χ1) is 7.08. The molecule has 0 spiro atoms. The molecule has 0 unspecified atom stereocenters. The van der Waals surface area contributed by atoms with Crippen LogP contribution in [0.25, 0.3) is 0 Å². The summed E-state index contributed by atoms with van der Waals surface area (Å²) in [5.74, 6) is 0.0803. The molecule has 15 heavy (non-hydrogen) atoms. The Morgan fingerprint density at radius 1 is 1.33 bits per heavy atom. The number of hydrogen-bond donors (Lipinski definition) is 0. The van der Waals surface area contributed by atoms with Crippen LogP contribution in [0, 0.1) is 0 Å². The maximum Gasteiger partial charge on any atom is 0.216 e. The first-order valence-electron chi connectivity index (χ1n) is 5.20. The first kappa shape index (κ1) is 15.3. The molecule has 0 saturated heterocycles. The van der Waals surface area contributed by atoms with E-state index in [1.165, 1.54) is 4.31 Å². The predicted molar refractivity (Wildman–Crippen MR) is 65.9 cm³/mol. The summed E-state index contributed by atoms with van der Waals surface area (Å²) < 4.78 is 30.1. The van der Waals surface area contributed by atoms with E-state index in [9.17, 15) is 8.42 Å². The van der Waals surface area contributed by atoms with Gasteiger partial charge in [-0.3, -0.25) is 0 Å². The Labute approximate surface area is 101 Å². The molecule has 0 bridgehead atoms. The summed E-state index contributed by atoms with van der Waals surface area (Å²) in [5, 5.41) is 0.824. The van der Waals surface area contributed by atoms with E-state index >= 15 is 0 Å². The van der Waals surface area contributed by atoms with Crippen LogP contribution >= 0.6 is 15.9 Å². The third-order valence-corrected chi connectivity index (χ3v) is 4.45. The average molecular weight is 302 g/mol. The van der Waals surface area contributed by atoms with Crippen LogP contribution in [-0.2, 0) is 14.8 Å². The van der Waals surface area contributed by atoms with Crippen LogP contribution in [0.5, 0.6) is 0 Å². The summed E-state index contributed by atoms with van der Waals surface area (Å²) in [6.45, 7) is 5.66. The minimum atomic E-state index is -3.13. The Hall–Kier alpha value is 0.350. The summed E-state index contributed by atoms with van der Waals surface area (Å²) in [7, 11) is -3.13. The van der Waals surface area contributed by atoms with Crippen molar-refractivity contribution in [2.45, 2.75) is 20.3 Å². The molecule has 92 valence electrons. The van der Waals surface area contributed by atoms with Crippen molar-refractivity contribution >= 4 is 26.0 Å². The molecule has 0 amide bonds. The van der Waals surface area contributed by atoms with E-state index < -0.39 is 10.0 Å². The van der Waals surface area contributed by atoms with Gasteiger partial charge in [0, 0.05) is 25.0 Å². The number of nitrogens with zero attached hydrogens (tertiary/aromatic N) is 1. The van der Waals surface area contributed by atoms with E-state index in [1.807, 2.05) is 13.8 Å². The highest BCUT2D eigenvalue weighted by atomic mass is 79.9. The molecule has 0 aliphatic rings. The topological polar surface area (TPSA) is 46.6 Å². The monoisotopic (exact) mass is 301 g/mol. The third-order valence-electron chi connectivity index (χ3n) is 1.98. The van der Waals surface area contributed by atoms with Gasteiger partial charge in [-0.05, 0) is 13.3 Å². The molecule has 0 saturated carbocycles. The van der Waals surface area contributed by atoms with Crippen molar-refractivity contribution in [3.63, 3.8) is 0 Å². The molecule has 4 nitrogen and oxygen atoms in total. The molecule has 0 atom stereocenters. The van der Waals surface area contributed by atoms with Gasteiger partial charge in [-0.15, -0.1) is 0 Å². The second kappa shape index (κ2) is 8.50. The molecule has 0 aromatic heterocycles. The van der Waals surface area contributed by atoms with Crippen molar-refractivity contribution in [2.24, 2.45) is 0 Å². The van der Waals surface area contributed by atoms with Gasteiger partial charge in [-0.2, -0.15) is 0 Å². The van der Waals surface area contributed by atoms with Crippen LogP contribution in [-0.4, -0.2) is 50.1 Å². The fourth-order valence-corrected chi connectivity index (χ4v) is 2.81. The molecule has 0 radical (unpaired) electrons. The van der Waals surface area contributed by atoms with Gasteiger partial charge in [0.25, 0.3) is 0 Å². The van der Waals surface area contributed by atoms with Gasteiger partial charge in [0.15, 0.2) is 0 Å². The van der Waals surface area contributed by atoms with Crippen molar-refractivity contribution in [1.82, 2.24) is 4.31 Å². The van der Waals surface area contributed by atoms with Crippen molar-refractivity contribution in [1.29, 1.82) is 0 Å². The highest BCUT2D eigenvalue weighted by molar-refractivity contribution is 9.09. The number of sulfonamides is 1. The first-order valence-corrected chi connectivity index (χ1v) is 7.93. The van der Waals surface area contributed by atoms with Crippen molar-refractivity contribution in [2.75, 3.05) is 37.4 Å². The van der Waals surface area contributed by atoms with Gasteiger partial charge in [0.2, 0.25) is 10.0 Å². The van der Waals surface area contributed by atoms with Crippen molar-refractivity contribution in [3.8, 4) is 0 Å². The van der Waals surface area contributed by atoms with Crippen LogP contribution in [0.4, 0.5) is 0 Å². The van der Waals surface area contributed by atoms with Crippen LogP contribution in [0.2, 0.25) is 0 Å². The molecule has 0 aromatic rings. The zero-order valence-electron chi connectivity index (χ0n) is 9.41. The average Bonchev–Trinajstić information content (AvgIpc) is 2.19. The van der Waals surface area contributed by atoms with E-state index in [1.54, 1.807) is 0 Å². The molecule has 0 aromatic carbocycles. The predicted octanol–water partition coefficient (Wildman–Crippen LogP) is 1.46. The maximum absolute atomic E-state index is 11.8. The van der Waals surface area contributed by atoms with Crippen LogP contribution in [0.3, 0.4) is 0 Å². The lowest BCUT2D eigenvalue weighted by Crippen LogP contribution is -2.35. The minimum absolute atomic E-state index is 0.0803. The van der Waals surface area contributed by atoms with Crippen LogP contribution in [0.15, 0.2) is 0 Å². The van der Waals surface area contributed by atoms with Crippen LogP contribution < -0.4 is 0 Å². The Kier molecular flexibility index (Phi) is 8.69. The minimum Gasteiger partial charge on any atom is -0.381 e. The van der Waals surface area contributed by atoms with Crippen molar-refractivity contribution in [3.05, 3.63) is 0 Å². The summed E-state index contributed by atoms with van der Waals surface area (Å²) in [5.41, 5.74) is 0. The molecular weight excluding hydrogens is 282 g/mol. The van der Waals surface area contributed by atoms with E-state index in [0.29, 0.717) is 19.7 Å². The number of hydrogen-bond acceptors (Lipinski definition) is 3. The third kappa shape index (κ3) is 6.50. The lowest BCUT2D eigenvalue weighted by Gasteiger charge is -2.19. The number of halogens is 1. The zero-order valence-corrected chi connectivity index (χ0v) is 11.8. The van der Waals surface area contributed by atoms with E-state index in [2.05, 4.69) is 15.9 Å². The molecule has 0 aliphatic heterocycles. The summed E-state index contributed by atoms with van der Waals surface area (Å²) in [6, 6.07) is 0. The summed E-state index contributed by atoms with van der Waals surface area (Å²) in [4.78, 5) is 0. The second-order valence-electron chi connectivity index (χ2n) is 3.05. The molecule has 0 fully saturated rings. The van der Waals surface area contributed by atoms with Gasteiger partial charge in [0.1, 0.15) is 0 Å². The second-order valence-corrected chi connectivity index (χ2v) is 5.93. The smallest absolute Gasteiger partial charge is 0.216 e. The normalized spacial score (nSPS) is 12.3. The zero-order chi connectivity index (χ0) is 11.7. The quantitative estimate of drug-likeness (QED) is 0.478.